The predicted octanol–water partition coefficient (Wildman–Crippen LogP) is 3.67. The molecule has 0 aliphatic rings. The molecule has 2 rings (SSSR count). The molecule has 0 aliphatic heterocycles. The number of nitriles is 1. The second kappa shape index (κ2) is 5.83. The molecule has 2 aromatic rings. The smallest absolute Gasteiger partial charge is 0.210 e. The minimum atomic E-state index is -0.674. The number of hydrogen-bond donors (Lipinski definition) is 0. The molecule has 1 aromatic heterocycles. The minimum Gasteiger partial charge on any atom is -0.484 e. The van der Waals surface area contributed by atoms with E-state index in [2.05, 4.69) is 0 Å². The zero-order chi connectivity index (χ0) is 13.8. The van der Waals surface area contributed by atoms with Crippen molar-refractivity contribution < 1.29 is 13.9 Å². The van der Waals surface area contributed by atoms with Crippen LogP contribution >= 0.6 is 22.9 Å². The van der Waals surface area contributed by atoms with E-state index in [0.29, 0.717) is 9.21 Å². The molecule has 96 valence electrons. The summed E-state index contributed by atoms with van der Waals surface area (Å²) in [4.78, 5) is 12.2. The molecule has 0 N–H and O–H groups in total. The molecule has 3 nitrogen and oxygen atoms in total. The Hall–Kier alpha value is -1.90. The molecular formula is C13H7ClFNO2S. The fourth-order valence-corrected chi connectivity index (χ4v) is 2.38. The third kappa shape index (κ3) is 3.11. The Kier molecular flexibility index (Phi) is 4.15. The first-order chi connectivity index (χ1) is 9.11. The molecule has 1 aromatic carbocycles. The average molecular weight is 296 g/mol. The maximum atomic E-state index is 13.3. The number of benzene rings is 1. The molecule has 19 heavy (non-hydrogen) atoms. The van der Waals surface area contributed by atoms with Crippen molar-refractivity contribution in [3.05, 3.63) is 50.9 Å². The van der Waals surface area contributed by atoms with Crippen LogP contribution < -0.4 is 4.74 Å². The number of rotatable bonds is 4. The van der Waals surface area contributed by atoms with Crippen molar-refractivity contribution in [2.45, 2.75) is 0 Å². The quantitative estimate of drug-likeness (QED) is 0.809. The third-order valence-corrected chi connectivity index (χ3v) is 3.57. The van der Waals surface area contributed by atoms with E-state index in [1.807, 2.05) is 0 Å². The van der Waals surface area contributed by atoms with E-state index in [1.165, 1.54) is 12.1 Å². The van der Waals surface area contributed by atoms with Gasteiger partial charge in [0, 0.05) is 0 Å². The van der Waals surface area contributed by atoms with Crippen molar-refractivity contribution in [3.63, 3.8) is 0 Å². The summed E-state index contributed by atoms with van der Waals surface area (Å²) >= 11 is 6.86. The van der Waals surface area contributed by atoms with E-state index in [9.17, 15) is 9.18 Å². The highest BCUT2D eigenvalue weighted by atomic mass is 35.5. The lowest BCUT2D eigenvalue weighted by atomic mass is 10.2. The number of halogens is 2. The van der Waals surface area contributed by atoms with Crippen LogP contribution in [0.1, 0.15) is 15.2 Å². The Bertz CT molecular complexity index is 663. The molecule has 1 heterocycles. The molecule has 0 amide bonds. The summed E-state index contributed by atoms with van der Waals surface area (Å²) in [5.41, 5.74) is -0.209. The fourth-order valence-electron chi connectivity index (χ4n) is 1.41. The number of nitrogens with zero attached hydrogens (tertiary/aromatic N) is 1. The number of thiophene rings is 1. The monoisotopic (exact) mass is 295 g/mol. The molecule has 0 unspecified atom stereocenters. The van der Waals surface area contributed by atoms with Crippen LogP contribution in [0.5, 0.6) is 5.75 Å². The highest BCUT2D eigenvalue weighted by Crippen LogP contribution is 2.23. The lowest BCUT2D eigenvalue weighted by Gasteiger charge is -2.06. The second-order valence-electron chi connectivity index (χ2n) is 3.54. The lowest BCUT2D eigenvalue weighted by molar-refractivity contribution is 0.0925. The number of carbonyl (C=O) groups is 1. The second-order valence-corrected chi connectivity index (χ2v) is 5.26. The van der Waals surface area contributed by atoms with Crippen LogP contribution in [-0.4, -0.2) is 12.4 Å². The standard InChI is InChI=1S/C13H7ClFNO2S/c14-13-5-4-12(19-13)10(17)7-18-11-3-1-2-9(15)8(11)6-16/h1-5H,7H2. The van der Waals surface area contributed by atoms with Gasteiger partial charge in [0.05, 0.1) is 9.21 Å². The van der Waals surface area contributed by atoms with Gasteiger partial charge in [0.25, 0.3) is 0 Å². The van der Waals surface area contributed by atoms with Crippen molar-refractivity contribution in [2.75, 3.05) is 6.61 Å². The molecule has 0 spiro atoms. The Balaban J connectivity index is 2.10. The number of carbonyl (C=O) groups excluding carboxylic acids is 1. The molecule has 0 saturated carbocycles. The fraction of sp³-hybridized carbons (Fsp3) is 0.0769. The van der Waals surface area contributed by atoms with Crippen LogP contribution in [0.4, 0.5) is 4.39 Å². The molecule has 0 fully saturated rings. The summed E-state index contributed by atoms with van der Waals surface area (Å²) < 4.78 is 19.0. The number of ether oxygens (including phenoxy) is 1. The molecule has 0 atom stereocenters. The summed E-state index contributed by atoms with van der Waals surface area (Å²) in [5, 5.41) is 8.81. The zero-order valence-electron chi connectivity index (χ0n) is 9.52. The van der Waals surface area contributed by atoms with Crippen LogP contribution in [0, 0.1) is 17.1 Å². The zero-order valence-corrected chi connectivity index (χ0v) is 11.1. The van der Waals surface area contributed by atoms with Crippen molar-refractivity contribution in [2.24, 2.45) is 0 Å². The van der Waals surface area contributed by atoms with E-state index >= 15 is 0 Å². The Morgan fingerprint density at radius 1 is 1.42 bits per heavy atom. The highest BCUT2D eigenvalue weighted by molar-refractivity contribution is 7.18. The molecule has 0 aliphatic carbocycles. The molecule has 0 bridgehead atoms. The van der Waals surface area contributed by atoms with Crippen LogP contribution in [0.2, 0.25) is 4.34 Å². The van der Waals surface area contributed by atoms with Crippen molar-refractivity contribution >= 4 is 28.7 Å². The normalized spacial score (nSPS) is 9.95. The van der Waals surface area contributed by atoms with Crippen LogP contribution in [0.15, 0.2) is 30.3 Å². The molecule has 6 heteroatoms. The maximum Gasteiger partial charge on any atom is 0.210 e. The largest absolute Gasteiger partial charge is 0.484 e. The van der Waals surface area contributed by atoms with Gasteiger partial charge in [0.15, 0.2) is 6.61 Å². The number of hydrogen-bond acceptors (Lipinski definition) is 4. The van der Waals surface area contributed by atoms with Crippen LogP contribution in [-0.2, 0) is 0 Å². The Morgan fingerprint density at radius 2 is 2.21 bits per heavy atom. The van der Waals surface area contributed by atoms with Gasteiger partial charge in [-0.05, 0) is 24.3 Å². The minimum absolute atomic E-state index is 0.0542. The van der Waals surface area contributed by atoms with Gasteiger partial charge >= 0.3 is 0 Å². The number of Topliss-reactive ketones (excluding diaryl/α,β-unsaturated/α-hetero) is 1. The van der Waals surface area contributed by atoms with Crippen LogP contribution in [0.3, 0.4) is 0 Å². The van der Waals surface area contributed by atoms with Gasteiger partial charge in [0.2, 0.25) is 5.78 Å². The summed E-state index contributed by atoms with van der Waals surface area (Å²) in [6, 6.07) is 8.92. The molecular weight excluding hydrogens is 289 g/mol. The van der Waals surface area contributed by atoms with Gasteiger partial charge in [-0.25, -0.2) is 4.39 Å². The average Bonchev–Trinajstić information content (AvgIpc) is 2.83. The van der Waals surface area contributed by atoms with Gasteiger partial charge in [0.1, 0.15) is 23.2 Å². The SMILES string of the molecule is N#Cc1c(F)cccc1OCC(=O)c1ccc(Cl)s1. The van der Waals surface area contributed by atoms with Crippen molar-refractivity contribution in [1.82, 2.24) is 0 Å². The van der Waals surface area contributed by atoms with Gasteiger partial charge in [-0.1, -0.05) is 17.7 Å². The summed E-state index contributed by atoms with van der Waals surface area (Å²) in [6.07, 6.45) is 0. The summed E-state index contributed by atoms with van der Waals surface area (Å²) in [5.74, 6) is -0.893. The topological polar surface area (TPSA) is 50.1 Å². The first-order valence-electron chi connectivity index (χ1n) is 5.21. The van der Waals surface area contributed by atoms with Crippen molar-refractivity contribution in [1.29, 1.82) is 5.26 Å². The van der Waals surface area contributed by atoms with E-state index in [1.54, 1.807) is 18.2 Å². The van der Waals surface area contributed by atoms with E-state index in [-0.39, 0.29) is 23.7 Å². The molecule has 0 radical (unpaired) electrons. The number of ketones is 1. The summed E-state index contributed by atoms with van der Waals surface area (Å²) in [7, 11) is 0. The first kappa shape index (κ1) is 13.5. The van der Waals surface area contributed by atoms with E-state index < -0.39 is 5.82 Å². The van der Waals surface area contributed by atoms with E-state index in [4.69, 9.17) is 21.6 Å². The molecule has 0 saturated heterocycles. The maximum absolute atomic E-state index is 13.3. The Labute approximate surface area is 117 Å². The van der Waals surface area contributed by atoms with E-state index in [0.717, 1.165) is 17.4 Å². The van der Waals surface area contributed by atoms with Gasteiger partial charge in [-0.3, -0.25) is 4.79 Å². The van der Waals surface area contributed by atoms with Gasteiger partial charge < -0.3 is 4.74 Å². The summed E-state index contributed by atoms with van der Waals surface area (Å²) in [6.45, 7) is -0.269. The van der Waals surface area contributed by atoms with Gasteiger partial charge in [-0.15, -0.1) is 11.3 Å². The van der Waals surface area contributed by atoms with Crippen molar-refractivity contribution in [3.8, 4) is 11.8 Å². The first-order valence-corrected chi connectivity index (χ1v) is 6.41. The third-order valence-electron chi connectivity index (χ3n) is 2.29. The lowest BCUT2D eigenvalue weighted by Crippen LogP contribution is -2.11. The predicted molar refractivity (Wildman–Crippen MR) is 70.3 cm³/mol. The Morgan fingerprint density at radius 3 is 2.84 bits per heavy atom. The van der Waals surface area contributed by atoms with Gasteiger partial charge in [-0.2, -0.15) is 5.26 Å². The highest BCUT2D eigenvalue weighted by Gasteiger charge is 2.13. The van der Waals surface area contributed by atoms with Crippen LogP contribution in [0.25, 0.3) is 0 Å².